The van der Waals surface area contributed by atoms with E-state index in [-0.39, 0.29) is 17.2 Å². The Kier molecular flexibility index (Phi) is 3.46. The number of benzene rings is 1. The van der Waals surface area contributed by atoms with E-state index < -0.39 is 10.0 Å². The molecule has 2 rings (SSSR count). The predicted molar refractivity (Wildman–Crippen MR) is 66.5 cm³/mol. The maximum atomic E-state index is 11.9. The third kappa shape index (κ3) is 2.85. The lowest BCUT2D eigenvalue weighted by Gasteiger charge is -2.07. The van der Waals surface area contributed by atoms with Crippen molar-refractivity contribution in [1.82, 2.24) is 4.72 Å². The molecule has 0 aliphatic carbocycles. The minimum Gasteiger partial charge on any atom is -0.507 e. The summed E-state index contributed by atoms with van der Waals surface area (Å²) >= 11 is 1.50. The van der Waals surface area contributed by atoms with Gasteiger partial charge in [-0.3, -0.25) is 0 Å². The number of hydrogen-bond acceptors (Lipinski definition) is 4. The topological polar surface area (TPSA) is 66.4 Å². The zero-order chi connectivity index (χ0) is 12.3. The molecule has 1 heterocycles. The Morgan fingerprint density at radius 3 is 2.65 bits per heavy atom. The van der Waals surface area contributed by atoms with Gasteiger partial charge in [-0.2, -0.15) is 11.3 Å². The molecule has 0 unspecified atom stereocenters. The molecule has 17 heavy (non-hydrogen) atoms. The maximum Gasteiger partial charge on any atom is 0.244 e. The summed E-state index contributed by atoms with van der Waals surface area (Å²) in [6.45, 7) is 0.222. The van der Waals surface area contributed by atoms with Gasteiger partial charge in [-0.05, 0) is 34.5 Å². The van der Waals surface area contributed by atoms with Crippen molar-refractivity contribution in [2.75, 3.05) is 0 Å². The quantitative estimate of drug-likeness (QED) is 0.891. The molecule has 0 aliphatic heterocycles. The van der Waals surface area contributed by atoms with E-state index in [1.807, 2.05) is 16.8 Å². The Bertz CT molecular complexity index is 591. The number of para-hydroxylation sites is 1. The lowest BCUT2D eigenvalue weighted by atomic mass is 10.3. The molecule has 0 saturated carbocycles. The number of hydrogen-bond donors (Lipinski definition) is 2. The summed E-state index contributed by atoms with van der Waals surface area (Å²) in [7, 11) is -3.66. The van der Waals surface area contributed by atoms with Gasteiger partial charge < -0.3 is 5.11 Å². The van der Waals surface area contributed by atoms with Crippen LogP contribution in [-0.4, -0.2) is 13.5 Å². The van der Waals surface area contributed by atoms with Crippen molar-refractivity contribution in [3.05, 3.63) is 46.7 Å². The van der Waals surface area contributed by atoms with Crippen molar-refractivity contribution >= 4 is 21.4 Å². The number of thiophene rings is 1. The van der Waals surface area contributed by atoms with E-state index in [1.54, 1.807) is 12.1 Å². The third-order valence-corrected chi connectivity index (χ3v) is 4.38. The first-order valence-electron chi connectivity index (χ1n) is 4.88. The van der Waals surface area contributed by atoms with E-state index in [4.69, 9.17) is 0 Å². The summed E-state index contributed by atoms with van der Waals surface area (Å²) in [6, 6.07) is 7.70. The van der Waals surface area contributed by atoms with E-state index in [0.717, 1.165) is 5.56 Å². The predicted octanol–water partition coefficient (Wildman–Crippen LogP) is 1.93. The van der Waals surface area contributed by atoms with Crippen LogP contribution in [0.5, 0.6) is 5.75 Å². The van der Waals surface area contributed by atoms with Crippen molar-refractivity contribution in [2.45, 2.75) is 11.4 Å². The largest absolute Gasteiger partial charge is 0.507 e. The molecule has 0 fully saturated rings. The minimum atomic E-state index is -3.66. The molecule has 0 saturated heterocycles. The summed E-state index contributed by atoms with van der Waals surface area (Å²) in [5.74, 6) is -0.245. The lowest BCUT2D eigenvalue weighted by Crippen LogP contribution is -2.23. The Labute approximate surface area is 104 Å². The third-order valence-electron chi connectivity index (χ3n) is 2.20. The van der Waals surface area contributed by atoms with E-state index in [1.165, 1.54) is 23.5 Å². The minimum absolute atomic E-state index is 0.102. The first-order valence-corrected chi connectivity index (χ1v) is 7.31. The summed E-state index contributed by atoms with van der Waals surface area (Å²) in [5, 5.41) is 13.2. The molecule has 2 N–H and O–H groups in total. The molecule has 0 atom stereocenters. The molecule has 0 spiro atoms. The highest BCUT2D eigenvalue weighted by Crippen LogP contribution is 2.21. The van der Waals surface area contributed by atoms with Crippen molar-refractivity contribution < 1.29 is 13.5 Å². The number of rotatable bonds is 4. The summed E-state index contributed by atoms with van der Waals surface area (Å²) < 4.78 is 26.2. The van der Waals surface area contributed by atoms with Crippen LogP contribution in [0.1, 0.15) is 5.56 Å². The van der Waals surface area contributed by atoms with Crippen molar-refractivity contribution in [3.8, 4) is 5.75 Å². The van der Waals surface area contributed by atoms with Crippen LogP contribution < -0.4 is 4.72 Å². The van der Waals surface area contributed by atoms with Gasteiger partial charge in [0.15, 0.2) is 0 Å². The Balaban J connectivity index is 2.17. The normalized spacial score (nSPS) is 11.5. The number of phenols is 1. The number of phenolic OH excluding ortho intramolecular Hbond substituents is 1. The SMILES string of the molecule is O=S(=O)(NCc1ccsc1)c1ccccc1O. The maximum absolute atomic E-state index is 11.9. The van der Waals surface area contributed by atoms with Gasteiger partial charge in [-0.1, -0.05) is 12.1 Å². The van der Waals surface area contributed by atoms with Crippen LogP contribution in [0, 0.1) is 0 Å². The second-order valence-corrected chi connectivity index (χ2v) is 5.94. The standard InChI is InChI=1S/C11H11NO3S2/c13-10-3-1-2-4-11(10)17(14,15)12-7-9-5-6-16-8-9/h1-6,8,12-13H,7H2. The van der Waals surface area contributed by atoms with Crippen molar-refractivity contribution in [2.24, 2.45) is 0 Å². The molecular weight excluding hydrogens is 258 g/mol. The van der Waals surface area contributed by atoms with Gasteiger partial charge in [0.05, 0.1) is 0 Å². The zero-order valence-electron chi connectivity index (χ0n) is 8.83. The molecular formula is C11H11NO3S2. The first-order chi connectivity index (χ1) is 8.09. The van der Waals surface area contributed by atoms with Gasteiger partial charge in [0, 0.05) is 6.54 Å². The molecule has 0 aliphatic rings. The average molecular weight is 269 g/mol. The highest BCUT2D eigenvalue weighted by Gasteiger charge is 2.17. The van der Waals surface area contributed by atoms with Crippen LogP contribution in [0.3, 0.4) is 0 Å². The first kappa shape index (κ1) is 12.1. The van der Waals surface area contributed by atoms with Gasteiger partial charge >= 0.3 is 0 Å². The molecule has 1 aromatic carbocycles. The highest BCUT2D eigenvalue weighted by molar-refractivity contribution is 7.89. The van der Waals surface area contributed by atoms with E-state index >= 15 is 0 Å². The van der Waals surface area contributed by atoms with Gasteiger partial charge in [-0.15, -0.1) is 0 Å². The number of nitrogens with one attached hydrogen (secondary N) is 1. The second kappa shape index (κ2) is 4.87. The van der Waals surface area contributed by atoms with Crippen LogP contribution in [0.2, 0.25) is 0 Å². The number of aromatic hydroxyl groups is 1. The monoisotopic (exact) mass is 269 g/mol. The fourth-order valence-corrected chi connectivity index (χ4v) is 3.12. The fraction of sp³-hybridized carbons (Fsp3) is 0.0909. The molecule has 90 valence electrons. The Morgan fingerprint density at radius 2 is 2.00 bits per heavy atom. The fourth-order valence-electron chi connectivity index (χ4n) is 1.33. The number of sulfonamides is 1. The van der Waals surface area contributed by atoms with Gasteiger partial charge in [0.1, 0.15) is 10.6 Å². The van der Waals surface area contributed by atoms with Crippen molar-refractivity contribution in [3.63, 3.8) is 0 Å². The average Bonchev–Trinajstić information content (AvgIpc) is 2.80. The molecule has 0 bridgehead atoms. The van der Waals surface area contributed by atoms with E-state index in [0.29, 0.717) is 0 Å². The molecule has 0 amide bonds. The van der Waals surface area contributed by atoms with Gasteiger partial charge in [0.25, 0.3) is 0 Å². The van der Waals surface area contributed by atoms with Gasteiger partial charge in [0.2, 0.25) is 10.0 Å². The molecule has 2 aromatic rings. The molecule has 4 nitrogen and oxygen atoms in total. The Hall–Kier alpha value is -1.37. The zero-order valence-corrected chi connectivity index (χ0v) is 10.5. The van der Waals surface area contributed by atoms with E-state index in [2.05, 4.69) is 4.72 Å². The van der Waals surface area contributed by atoms with Crippen LogP contribution in [0.4, 0.5) is 0 Å². The Morgan fingerprint density at radius 1 is 1.24 bits per heavy atom. The molecule has 6 heteroatoms. The molecule has 0 radical (unpaired) electrons. The second-order valence-electron chi connectivity index (χ2n) is 3.42. The summed E-state index contributed by atoms with van der Waals surface area (Å²) in [4.78, 5) is -0.102. The van der Waals surface area contributed by atoms with Crippen LogP contribution in [-0.2, 0) is 16.6 Å². The van der Waals surface area contributed by atoms with Crippen LogP contribution >= 0.6 is 11.3 Å². The van der Waals surface area contributed by atoms with Crippen LogP contribution in [0.15, 0.2) is 46.0 Å². The van der Waals surface area contributed by atoms with Crippen molar-refractivity contribution in [1.29, 1.82) is 0 Å². The van der Waals surface area contributed by atoms with E-state index in [9.17, 15) is 13.5 Å². The highest BCUT2D eigenvalue weighted by atomic mass is 32.2. The van der Waals surface area contributed by atoms with Crippen LogP contribution in [0.25, 0.3) is 0 Å². The smallest absolute Gasteiger partial charge is 0.244 e. The molecule has 1 aromatic heterocycles. The lowest BCUT2D eigenvalue weighted by molar-refractivity contribution is 0.458. The summed E-state index contributed by atoms with van der Waals surface area (Å²) in [5.41, 5.74) is 0.897. The summed E-state index contributed by atoms with van der Waals surface area (Å²) in [6.07, 6.45) is 0. The van der Waals surface area contributed by atoms with Gasteiger partial charge in [-0.25, -0.2) is 13.1 Å².